The molecule has 112 valence electrons. The van der Waals surface area contributed by atoms with Crippen molar-refractivity contribution in [3.63, 3.8) is 0 Å². The Bertz CT molecular complexity index is 421. The van der Waals surface area contributed by atoms with Crippen LogP contribution in [0.4, 0.5) is 13.2 Å². The fourth-order valence-corrected chi connectivity index (χ4v) is 1.76. The van der Waals surface area contributed by atoms with Crippen molar-refractivity contribution < 1.29 is 22.7 Å². The second kappa shape index (κ2) is 8.26. The number of nitrogens with one attached hydrogen (secondary N) is 1. The van der Waals surface area contributed by atoms with Gasteiger partial charge in [-0.05, 0) is 11.1 Å². The van der Waals surface area contributed by atoms with Gasteiger partial charge in [0.15, 0.2) is 0 Å². The maximum Gasteiger partial charge on any atom is 0.411 e. The van der Waals surface area contributed by atoms with Gasteiger partial charge in [-0.2, -0.15) is 13.2 Å². The van der Waals surface area contributed by atoms with E-state index in [2.05, 4.69) is 26.0 Å². The van der Waals surface area contributed by atoms with Crippen LogP contribution >= 0.6 is 15.9 Å². The van der Waals surface area contributed by atoms with E-state index in [0.717, 1.165) is 16.5 Å². The predicted molar refractivity (Wildman–Crippen MR) is 72.4 cm³/mol. The Morgan fingerprint density at radius 1 is 1.20 bits per heavy atom. The molecule has 0 heterocycles. The van der Waals surface area contributed by atoms with Gasteiger partial charge in [0.2, 0.25) is 5.91 Å². The summed E-state index contributed by atoms with van der Waals surface area (Å²) in [4.78, 5) is 11.4. The fourth-order valence-electron chi connectivity index (χ4n) is 1.39. The van der Waals surface area contributed by atoms with Gasteiger partial charge in [0.1, 0.15) is 6.61 Å². The van der Waals surface area contributed by atoms with E-state index in [1.807, 2.05) is 24.3 Å². The minimum Gasteiger partial charge on any atom is -0.372 e. The second-order valence-electron chi connectivity index (χ2n) is 4.14. The highest BCUT2D eigenvalue weighted by Gasteiger charge is 2.27. The van der Waals surface area contributed by atoms with Gasteiger partial charge >= 0.3 is 6.18 Å². The van der Waals surface area contributed by atoms with Crippen molar-refractivity contribution in [1.29, 1.82) is 0 Å². The first-order chi connectivity index (χ1) is 9.40. The molecule has 1 rings (SSSR count). The van der Waals surface area contributed by atoms with Crippen molar-refractivity contribution in [2.75, 3.05) is 13.2 Å². The summed E-state index contributed by atoms with van der Waals surface area (Å²) in [6.07, 6.45) is -4.44. The monoisotopic (exact) mass is 353 g/mol. The molecule has 0 saturated carbocycles. The van der Waals surface area contributed by atoms with Gasteiger partial charge in [-0.1, -0.05) is 40.2 Å². The van der Waals surface area contributed by atoms with Gasteiger partial charge in [0, 0.05) is 18.3 Å². The minimum absolute atomic E-state index is 0.0877. The van der Waals surface area contributed by atoms with Crippen molar-refractivity contribution in [2.24, 2.45) is 0 Å². The molecule has 0 fully saturated rings. The molecule has 0 atom stereocenters. The molecule has 0 aromatic heterocycles. The molecular weight excluding hydrogens is 339 g/mol. The van der Waals surface area contributed by atoms with Gasteiger partial charge < -0.3 is 10.1 Å². The van der Waals surface area contributed by atoms with E-state index in [-0.39, 0.29) is 18.9 Å². The molecule has 0 aliphatic heterocycles. The molecule has 0 bridgehead atoms. The highest BCUT2D eigenvalue weighted by Crippen LogP contribution is 2.14. The van der Waals surface area contributed by atoms with Gasteiger partial charge in [-0.15, -0.1) is 0 Å². The number of ether oxygens (including phenoxy) is 1. The molecule has 0 aliphatic rings. The molecule has 0 radical (unpaired) electrons. The number of halogens is 4. The van der Waals surface area contributed by atoms with Crippen LogP contribution in [0, 0.1) is 0 Å². The lowest BCUT2D eigenvalue weighted by molar-refractivity contribution is -0.174. The largest absolute Gasteiger partial charge is 0.411 e. The standard InChI is InChI=1S/C13H15BrF3NO2/c14-7-10-1-3-11(4-2-10)8-18-12(19)5-6-20-9-13(15,16)17/h1-4H,5-9H2,(H,18,19). The first-order valence-electron chi connectivity index (χ1n) is 5.95. The summed E-state index contributed by atoms with van der Waals surface area (Å²) >= 11 is 3.33. The molecule has 7 heteroatoms. The van der Waals surface area contributed by atoms with Crippen LogP contribution in [0.15, 0.2) is 24.3 Å². The van der Waals surface area contributed by atoms with Crippen LogP contribution in [0.5, 0.6) is 0 Å². The second-order valence-corrected chi connectivity index (χ2v) is 4.71. The Hall–Kier alpha value is -1.08. The topological polar surface area (TPSA) is 38.3 Å². The van der Waals surface area contributed by atoms with Crippen LogP contribution in [0.2, 0.25) is 0 Å². The van der Waals surface area contributed by atoms with Crippen LogP contribution in [0.1, 0.15) is 17.5 Å². The van der Waals surface area contributed by atoms with E-state index in [0.29, 0.717) is 6.54 Å². The molecule has 0 unspecified atom stereocenters. The fraction of sp³-hybridized carbons (Fsp3) is 0.462. The zero-order valence-corrected chi connectivity index (χ0v) is 12.3. The maximum absolute atomic E-state index is 11.8. The normalized spacial score (nSPS) is 11.4. The zero-order chi connectivity index (χ0) is 15.0. The first-order valence-corrected chi connectivity index (χ1v) is 7.08. The first kappa shape index (κ1) is 17.0. The highest BCUT2D eigenvalue weighted by atomic mass is 79.9. The predicted octanol–water partition coefficient (Wildman–Crippen LogP) is 3.17. The average molecular weight is 354 g/mol. The quantitative estimate of drug-likeness (QED) is 0.604. The van der Waals surface area contributed by atoms with E-state index in [9.17, 15) is 18.0 Å². The van der Waals surface area contributed by atoms with Crippen molar-refractivity contribution in [2.45, 2.75) is 24.5 Å². The SMILES string of the molecule is O=C(CCOCC(F)(F)F)NCc1ccc(CBr)cc1. The third-order valence-electron chi connectivity index (χ3n) is 2.41. The number of rotatable bonds is 7. The Morgan fingerprint density at radius 3 is 2.35 bits per heavy atom. The molecular formula is C13H15BrF3NO2. The minimum atomic E-state index is -4.35. The highest BCUT2D eigenvalue weighted by molar-refractivity contribution is 9.08. The number of alkyl halides is 4. The summed E-state index contributed by atoms with van der Waals surface area (Å²) < 4.78 is 39.7. The molecule has 1 N–H and O–H groups in total. The average Bonchev–Trinajstić information content (AvgIpc) is 2.41. The molecule has 0 spiro atoms. The number of hydrogen-bond donors (Lipinski definition) is 1. The molecule has 1 aromatic rings. The summed E-state index contributed by atoms with van der Waals surface area (Å²) in [7, 11) is 0. The zero-order valence-electron chi connectivity index (χ0n) is 10.7. The molecule has 20 heavy (non-hydrogen) atoms. The summed E-state index contributed by atoms with van der Waals surface area (Å²) in [5.41, 5.74) is 2.06. The van der Waals surface area contributed by atoms with Crippen molar-refractivity contribution in [1.82, 2.24) is 5.32 Å². The van der Waals surface area contributed by atoms with E-state index in [1.54, 1.807) is 0 Å². The molecule has 3 nitrogen and oxygen atoms in total. The summed E-state index contributed by atoms with van der Waals surface area (Å²) in [5, 5.41) is 3.38. The Balaban J connectivity index is 2.19. The third-order valence-corrected chi connectivity index (χ3v) is 3.05. The smallest absolute Gasteiger partial charge is 0.372 e. The summed E-state index contributed by atoms with van der Waals surface area (Å²) in [5.74, 6) is -0.336. The lowest BCUT2D eigenvalue weighted by Crippen LogP contribution is -2.25. The third kappa shape index (κ3) is 7.49. The van der Waals surface area contributed by atoms with Crippen LogP contribution in [-0.4, -0.2) is 25.3 Å². The van der Waals surface area contributed by atoms with E-state index in [1.165, 1.54) is 0 Å². The van der Waals surface area contributed by atoms with Crippen LogP contribution in [0.3, 0.4) is 0 Å². The summed E-state index contributed by atoms with van der Waals surface area (Å²) in [6.45, 7) is -1.22. The molecule has 0 saturated heterocycles. The van der Waals surface area contributed by atoms with E-state index in [4.69, 9.17) is 0 Å². The number of benzene rings is 1. The lowest BCUT2D eigenvalue weighted by Gasteiger charge is -2.08. The van der Waals surface area contributed by atoms with Crippen molar-refractivity contribution in [3.8, 4) is 0 Å². The van der Waals surface area contributed by atoms with E-state index >= 15 is 0 Å². The Labute approximate surface area is 123 Å². The van der Waals surface area contributed by atoms with Gasteiger partial charge in [-0.25, -0.2) is 0 Å². The maximum atomic E-state index is 11.8. The Morgan fingerprint density at radius 2 is 1.80 bits per heavy atom. The molecule has 0 aliphatic carbocycles. The van der Waals surface area contributed by atoms with Crippen LogP contribution in [0.25, 0.3) is 0 Å². The van der Waals surface area contributed by atoms with E-state index < -0.39 is 12.8 Å². The molecule has 1 aromatic carbocycles. The van der Waals surface area contributed by atoms with Crippen LogP contribution < -0.4 is 5.32 Å². The van der Waals surface area contributed by atoms with Gasteiger partial charge in [0.05, 0.1) is 6.61 Å². The number of hydrogen-bond acceptors (Lipinski definition) is 2. The number of carbonyl (C=O) groups is 1. The van der Waals surface area contributed by atoms with Crippen molar-refractivity contribution in [3.05, 3.63) is 35.4 Å². The van der Waals surface area contributed by atoms with Gasteiger partial charge in [0.25, 0.3) is 0 Å². The molecule has 1 amide bonds. The van der Waals surface area contributed by atoms with Crippen molar-refractivity contribution >= 4 is 21.8 Å². The number of amides is 1. The Kier molecular flexibility index (Phi) is 7.01. The lowest BCUT2D eigenvalue weighted by atomic mass is 10.1. The number of carbonyl (C=O) groups excluding carboxylic acids is 1. The van der Waals surface area contributed by atoms with Gasteiger partial charge in [-0.3, -0.25) is 4.79 Å². The van der Waals surface area contributed by atoms with Crippen LogP contribution in [-0.2, 0) is 21.4 Å². The summed E-state index contributed by atoms with van der Waals surface area (Å²) in [6, 6.07) is 7.64.